The molecular weight excluding hydrogens is 324 g/mol. The van der Waals surface area contributed by atoms with Gasteiger partial charge in [0, 0.05) is 6.54 Å². The second-order valence-electron chi connectivity index (χ2n) is 5.70. The average Bonchev–Trinajstić information content (AvgIpc) is 3.15. The van der Waals surface area contributed by atoms with Gasteiger partial charge in [-0.3, -0.25) is 20.0 Å². The first-order valence-corrected chi connectivity index (χ1v) is 7.89. The summed E-state index contributed by atoms with van der Waals surface area (Å²) in [6.45, 7) is 5.98. The van der Waals surface area contributed by atoms with E-state index in [1.54, 1.807) is 6.92 Å². The number of carbonyl (C=O) groups is 1. The predicted octanol–water partition coefficient (Wildman–Crippen LogP) is 2.49. The molecule has 0 aliphatic rings. The van der Waals surface area contributed by atoms with Gasteiger partial charge in [0.15, 0.2) is 0 Å². The molecule has 2 aromatic heterocycles. The Morgan fingerprint density at radius 1 is 1.44 bits per heavy atom. The van der Waals surface area contributed by atoms with Crippen LogP contribution in [-0.4, -0.2) is 30.6 Å². The van der Waals surface area contributed by atoms with Crippen molar-refractivity contribution in [1.29, 1.82) is 0 Å². The van der Waals surface area contributed by atoms with Crippen molar-refractivity contribution in [2.24, 2.45) is 0 Å². The van der Waals surface area contributed by atoms with E-state index < -0.39 is 16.9 Å². The molecule has 9 nitrogen and oxygen atoms in total. The third-order valence-electron chi connectivity index (χ3n) is 4.05. The van der Waals surface area contributed by atoms with Crippen LogP contribution in [0.15, 0.2) is 24.3 Å². The zero-order valence-electron chi connectivity index (χ0n) is 14.1. The van der Waals surface area contributed by atoms with Crippen molar-refractivity contribution >= 4 is 22.6 Å². The first-order valence-electron chi connectivity index (χ1n) is 7.89. The van der Waals surface area contributed by atoms with Crippen molar-refractivity contribution in [1.82, 2.24) is 25.1 Å². The first kappa shape index (κ1) is 16.6. The van der Waals surface area contributed by atoms with Gasteiger partial charge >= 0.3 is 5.69 Å². The minimum absolute atomic E-state index is 0.228. The molecule has 25 heavy (non-hydrogen) atoms. The van der Waals surface area contributed by atoms with Crippen LogP contribution in [0, 0.1) is 17.0 Å². The lowest BCUT2D eigenvalue weighted by molar-refractivity contribution is -0.385. The maximum atomic E-state index is 12.4. The summed E-state index contributed by atoms with van der Waals surface area (Å²) in [7, 11) is 0. The Balaban J connectivity index is 1.91. The fourth-order valence-corrected chi connectivity index (χ4v) is 2.89. The van der Waals surface area contributed by atoms with Gasteiger partial charge in [-0.2, -0.15) is 5.10 Å². The topological polar surface area (TPSA) is 119 Å². The largest absolute Gasteiger partial charge is 0.341 e. The van der Waals surface area contributed by atoms with Crippen molar-refractivity contribution in [2.75, 3.05) is 0 Å². The molecule has 3 aromatic rings. The second kappa shape index (κ2) is 6.34. The summed E-state index contributed by atoms with van der Waals surface area (Å²) in [4.78, 5) is 27.5. The van der Waals surface area contributed by atoms with E-state index in [-0.39, 0.29) is 17.1 Å². The van der Waals surface area contributed by atoms with Gasteiger partial charge in [-0.15, -0.1) is 0 Å². The SMILES string of the molecule is CCn1c(C(C)NC(=O)c2n[nH]c(C)c2[N+](=O)[O-])nc2ccccc21. The summed E-state index contributed by atoms with van der Waals surface area (Å²) in [6.07, 6.45) is 0. The number of fused-ring (bicyclic) bond motifs is 1. The Morgan fingerprint density at radius 2 is 2.16 bits per heavy atom. The highest BCUT2D eigenvalue weighted by Crippen LogP contribution is 2.23. The van der Waals surface area contributed by atoms with E-state index in [0.29, 0.717) is 12.4 Å². The maximum Gasteiger partial charge on any atom is 0.322 e. The van der Waals surface area contributed by atoms with Gasteiger partial charge in [0.1, 0.15) is 11.5 Å². The summed E-state index contributed by atoms with van der Waals surface area (Å²) in [5.41, 5.74) is 1.51. The van der Waals surface area contributed by atoms with Gasteiger partial charge in [-0.1, -0.05) is 12.1 Å². The highest BCUT2D eigenvalue weighted by molar-refractivity contribution is 5.96. The lowest BCUT2D eigenvalue weighted by Gasteiger charge is -2.14. The molecular formula is C16H18N6O3. The van der Waals surface area contributed by atoms with Crippen LogP contribution in [0.5, 0.6) is 0 Å². The van der Waals surface area contributed by atoms with E-state index in [4.69, 9.17) is 0 Å². The maximum absolute atomic E-state index is 12.4. The highest BCUT2D eigenvalue weighted by atomic mass is 16.6. The molecule has 0 radical (unpaired) electrons. The molecule has 130 valence electrons. The minimum Gasteiger partial charge on any atom is -0.341 e. The molecule has 0 bridgehead atoms. The number of para-hydroxylation sites is 2. The number of hydrogen-bond donors (Lipinski definition) is 2. The standard InChI is InChI=1S/C16H18N6O3/c1-4-21-12-8-6-5-7-11(12)18-15(21)10(3)17-16(23)13-14(22(24)25)9(2)19-20-13/h5-8,10H,4H2,1-3H3,(H,17,23)(H,19,20). The van der Waals surface area contributed by atoms with E-state index >= 15 is 0 Å². The smallest absolute Gasteiger partial charge is 0.322 e. The lowest BCUT2D eigenvalue weighted by Crippen LogP contribution is -2.29. The molecule has 0 fully saturated rings. The van der Waals surface area contributed by atoms with E-state index in [9.17, 15) is 14.9 Å². The summed E-state index contributed by atoms with van der Waals surface area (Å²) >= 11 is 0. The number of rotatable bonds is 5. The molecule has 2 N–H and O–H groups in total. The van der Waals surface area contributed by atoms with E-state index in [1.807, 2.05) is 35.8 Å². The predicted molar refractivity (Wildman–Crippen MR) is 91.3 cm³/mol. The Labute approximate surface area is 143 Å². The number of nitrogens with zero attached hydrogens (tertiary/aromatic N) is 4. The second-order valence-corrected chi connectivity index (χ2v) is 5.70. The number of aromatic amines is 1. The Kier molecular flexibility index (Phi) is 4.22. The number of carbonyl (C=O) groups excluding carboxylic acids is 1. The summed E-state index contributed by atoms with van der Waals surface area (Å²) in [6, 6.07) is 7.27. The third-order valence-corrected chi connectivity index (χ3v) is 4.05. The van der Waals surface area contributed by atoms with E-state index in [0.717, 1.165) is 11.0 Å². The zero-order valence-corrected chi connectivity index (χ0v) is 14.1. The third kappa shape index (κ3) is 2.84. The van der Waals surface area contributed by atoms with Crippen LogP contribution in [0.1, 0.15) is 41.9 Å². The van der Waals surface area contributed by atoms with Crippen LogP contribution < -0.4 is 5.32 Å². The number of hydrogen-bond acceptors (Lipinski definition) is 5. The van der Waals surface area contributed by atoms with Crippen LogP contribution >= 0.6 is 0 Å². The van der Waals surface area contributed by atoms with Crippen LogP contribution in [0.4, 0.5) is 5.69 Å². The fourth-order valence-electron chi connectivity index (χ4n) is 2.89. The summed E-state index contributed by atoms with van der Waals surface area (Å²) in [5, 5.41) is 20.1. The van der Waals surface area contributed by atoms with Gasteiger partial charge in [0.2, 0.25) is 5.69 Å². The van der Waals surface area contributed by atoms with Gasteiger partial charge in [-0.25, -0.2) is 4.98 Å². The molecule has 3 rings (SSSR count). The zero-order chi connectivity index (χ0) is 18.1. The molecule has 1 atom stereocenters. The van der Waals surface area contributed by atoms with Crippen molar-refractivity contribution in [2.45, 2.75) is 33.4 Å². The van der Waals surface area contributed by atoms with Crippen LogP contribution in [0.3, 0.4) is 0 Å². The van der Waals surface area contributed by atoms with Crippen molar-refractivity contribution in [3.8, 4) is 0 Å². The molecule has 0 spiro atoms. The van der Waals surface area contributed by atoms with Gasteiger partial charge in [0.05, 0.1) is 22.0 Å². The van der Waals surface area contributed by atoms with E-state index in [1.165, 1.54) is 6.92 Å². The summed E-state index contributed by atoms with van der Waals surface area (Å²) < 4.78 is 2.00. The number of imidazole rings is 1. The van der Waals surface area contributed by atoms with Crippen LogP contribution in [0.25, 0.3) is 11.0 Å². The van der Waals surface area contributed by atoms with E-state index in [2.05, 4.69) is 20.5 Å². The van der Waals surface area contributed by atoms with Crippen molar-refractivity contribution < 1.29 is 9.72 Å². The number of amides is 1. The van der Waals surface area contributed by atoms with Crippen LogP contribution in [-0.2, 0) is 6.54 Å². The molecule has 1 amide bonds. The molecule has 0 saturated carbocycles. The Bertz CT molecular complexity index is 958. The average molecular weight is 342 g/mol. The fraction of sp³-hybridized carbons (Fsp3) is 0.312. The molecule has 1 aromatic carbocycles. The molecule has 0 aliphatic carbocycles. The van der Waals surface area contributed by atoms with Gasteiger partial charge in [0.25, 0.3) is 5.91 Å². The molecule has 1 unspecified atom stereocenters. The minimum atomic E-state index is -0.613. The monoisotopic (exact) mass is 342 g/mol. The first-order chi connectivity index (χ1) is 11.9. The Hall–Kier alpha value is -3.23. The normalized spacial score (nSPS) is 12.3. The summed E-state index contributed by atoms with van der Waals surface area (Å²) in [5.74, 6) is 0.0743. The van der Waals surface area contributed by atoms with Gasteiger partial charge in [-0.05, 0) is 32.9 Å². The highest BCUT2D eigenvalue weighted by Gasteiger charge is 2.28. The molecule has 0 aliphatic heterocycles. The lowest BCUT2D eigenvalue weighted by atomic mass is 10.2. The number of benzene rings is 1. The van der Waals surface area contributed by atoms with Crippen LogP contribution in [0.2, 0.25) is 0 Å². The Morgan fingerprint density at radius 3 is 2.84 bits per heavy atom. The molecule has 9 heteroatoms. The molecule has 0 saturated heterocycles. The number of H-pyrrole nitrogens is 1. The number of nitrogens with one attached hydrogen (secondary N) is 2. The molecule has 2 heterocycles. The van der Waals surface area contributed by atoms with Crippen molar-refractivity contribution in [3.05, 3.63) is 51.6 Å². The number of nitro groups is 1. The quantitative estimate of drug-likeness (QED) is 0.545. The van der Waals surface area contributed by atoms with Crippen molar-refractivity contribution in [3.63, 3.8) is 0 Å². The van der Waals surface area contributed by atoms with Gasteiger partial charge < -0.3 is 9.88 Å². The number of aromatic nitrogens is 4. The number of aryl methyl sites for hydroxylation is 2.